The minimum Gasteiger partial charge on any atom is -0.408 e. The first-order valence-electron chi connectivity index (χ1n) is 1.87. The molecule has 0 bridgehead atoms. The van der Waals surface area contributed by atoms with E-state index in [1.807, 2.05) is 0 Å². The Morgan fingerprint density at radius 3 is 2.25 bits per heavy atom. The van der Waals surface area contributed by atoms with E-state index in [0.29, 0.717) is 0 Å². The molecule has 0 aromatic rings. The van der Waals surface area contributed by atoms with Crippen LogP contribution >= 0.6 is 0 Å². The van der Waals surface area contributed by atoms with E-state index in [4.69, 9.17) is 6.64 Å². The molecule has 0 radical (unpaired) electrons. The summed E-state index contributed by atoms with van der Waals surface area (Å²) in [5.41, 5.74) is 0. The minimum atomic E-state index is -1.83. The van der Waals surface area contributed by atoms with Crippen molar-refractivity contribution in [3.05, 3.63) is 0 Å². The molecule has 6 heteroatoms. The normalized spacial score (nSPS) is 15.5. The third-order valence-electron chi connectivity index (χ3n) is 0.338. The molecular weight excluding hydrogens is 122 g/mol. The number of nitrogens with zero attached hydrogens (tertiary/aromatic N) is 2. The highest BCUT2D eigenvalue weighted by Crippen LogP contribution is 1.85. The molecule has 0 aliphatic rings. The number of hydrogen-bond donors (Lipinski definition) is 2. The Balaban J connectivity index is 4.03. The van der Waals surface area contributed by atoms with E-state index in [1.54, 1.807) is 5.16 Å². The molecule has 0 saturated carbocycles. The summed E-state index contributed by atoms with van der Waals surface area (Å²) >= 11 is 0. The molecular formula is C2H2F2N2O2. The molecule has 0 fully saturated rings. The zero-order valence-corrected chi connectivity index (χ0v) is 3.51. The number of rotatable bonds is 2. The third kappa shape index (κ3) is 1.50. The molecule has 0 aliphatic heterocycles. The molecule has 0 aromatic carbocycles. The minimum absolute atomic E-state index is 1.78. The van der Waals surface area contributed by atoms with E-state index < -0.39 is 11.9 Å². The van der Waals surface area contributed by atoms with Crippen LogP contribution in [0.2, 0.25) is 1.43 Å². The standard InChI is InChI=1S/C2H2F2N2O2/c3-1(5-7)2(4)6-8/h7-8H/i/hD. The molecule has 46 valence electrons. The fraction of sp³-hybridized carbons (Fsp3) is 0. The Labute approximate surface area is 44.2 Å². The van der Waals surface area contributed by atoms with Crippen LogP contribution in [-0.2, 0) is 0 Å². The summed E-state index contributed by atoms with van der Waals surface area (Å²) < 4.78 is 29.0. The highest BCUT2D eigenvalue weighted by molar-refractivity contribution is 6.33. The topological polar surface area (TPSA) is 65.2 Å². The van der Waals surface area contributed by atoms with Crippen molar-refractivity contribution in [2.24, 2.45) is 10.3 Å². The molecule has 0 unspecified atom stereocenters. The van der Waals surface area contributed by atoms with Gasteiger partial charge in [-0.2, -0.15) is 8.78 Å². The molecule has 0 heterocycles. The predicted molar refractivity (Wildman–Crippen MR) is 20.7 cm³/mol. The van der Waals surface area contributed by atoms with Gasteiger partial charge in [-0.25, -0.2) is 0 Å². The van der Waals surface area contributed by atoms with E-state index in [0.717, 1.165) is 0 Å². The van der Waals surface area contributed by atoms with Gasteiger partial charge in [0, 0.05) is 0 Å². The van der Waals surface area contributed by atoms with Gasteiger partial charge in [0.25, 0.3) is 0 Å². The Bertz CT molecular complexity index is 148. The summed E-state index contributed by atoms with van der Waals surface area (Å²) in [5.74, 6) is -3.62. The number of oxime groups is 2. The van der Waals surface area contributed by atoms with Crippen molar-refractivity contribution >= 4 is 11.9 Å². The van der Waals surface area contributed by atoms with Crippen LogP contribution in [0.15, 0.2) is 10.3 Å². The Morgan fingerprint density at radius 2 is 1.88 bits per heavy atom. The van der Waals surface area contributed by atoms with Crippen LogP contribution in [-0.4, -0.2) is 22.3 Å². The molecule has 0 spiro atoms. The van der Waals surface area contributed by atoms with Crippen LogP contribution in [0.1, 0.15) is 0 Å². The lowest BCUT2D eigenvalue weighted by molar-refractivity contribution is 0.303. The quantitative estimate of drug-likeness (QED) is 0.320. The smallest absolute Gasteiger partial charge is 0.330 e. The highest BCUT2D eigenvalue weighted by Gasteiger charge is 2.05. The van der Waals surface area contributed by atoms with Crippen molar-refractivity contribution in [1.82, 2.24) is 0 Å². The summed E-state index contributed by atoms with van der Waals surface area (Å²) in [7, 11) is 0. The molecule has 0 aliphatic carbocycles. The van der Waals surface area contributed by atoms with Gasteiger partial charge in [0.05, 0.1) is 0 Å². The maximum Gasteiger partial charge on any atom is 0.330 e. The average Bonchev–Trinajstić information content (AvgIpc) is 1.87. The Morgan fingerprint density at radius 1 is 1.38 bits per heavy atom. The van der Waals surface area contributed by atoms with Crippen molar-refractivity contribution in [1.29, 1.82) is 0 Å². The highest BCUT2D eigenvalue weighted by atomic mass is 19.2. The lowest BCUT2D eigenvalue weighted by atomic mass is 10.7. The molecule has 0 aromatic heterocycles. The van der Waals surface area contributed by atoms with Gasteiger partial charge < -0.3 is 10.4 Å². The molecule has 0 amide bonds. The summed E-state index contributed by atoms with van der Waals surface area (Å²) in [6.45, 7) is 0. The van der Waals surface area contributed by atoms with Crippen LogP contribution in [0.25, 0.3) is 0 Å². The van der Waals surface area contributed by atoms with Gasteiger partial charge in [-0.05, 0) is 0 Å². The van der Waals surface area contributed by atoms with E-state index in [2.05, 4.69) is 10.4 Å². The Hall–Kier alpha value is -1.20. The van der Waals surface area contributed by atoms with Gasteiger partial charge in [-0.15, -0.1) is 0 Å². The summed E-state index contributed by atoms with van der Waals surface area (Å²) in [6.07, 6.45) is 0. The zero-order chi connectivity index (χ0) is 7.28. The van der Waals surface area contributed by atoms with Gasteiger partial charge >= 0.3 is 13.4 Å². The van der Waals surface area contributed by atoms with Gasteiger partial charge in [0.2, 0.25) is 0 Å². The van der Waals surface area contributed by atoms with Gasteiger partial charge in [0.15, 0.2) is 0 Å². The van der Waals surface area contributed by atoms with Crippen LogP contribution in [0.5, 0.6) is 0 Å². The largest absolute Gasteiger partial charge is 0.408 e. The number of halogens is 2. The molecule has 4 nitrogen and oxygen atoms in total. The van der Waals surface area contributed by atoms with E-state index in [1.165, 1.54) is 0 Å². The first kappa shape index (κ1) is 4.95. The van der Waals surface area contributed by atoms with Gasteiger partial charge in [0.1, 0.15) is 0 Å². The lowest BCUT2D eigenvalue weighted by Gasteiger charge is -1.80. The van der Waals surface area contributed by atoms with Crippen LogP contribution in [0.3, 0.4) is 0 Å². The first-order valence-corrected chi connectivity index (χ1v) is 1.46. The SMILES string of the molecule is [2H]ON=C(F)C(F)=NO. The van der Waals surface area contributed by atoms with E-state index in [-0.39, 0.29) is 0 Å². The lowest BCUT2D eigenvalue weighted by Crippen LogP contribution is -2.00. The van der Waals surface area contributed by atoms with Gasteiger partial charge in [-0.1, -0.05) is 10.3 Å². The first-order chi connectivity index (χ1) is 4.22. The van der Waals surface area contributed by atoms with Crippen molar-refractivity contribution in [2.45, 2.75) is 0 Å². The molecule has 0 atom stereocenters. The molecule has 2 N–H and O–H groups in total. The van der Waals surface area contributed by atoms with Gasteiger partial charge in [-0.3, -0.25) is 0 Å². The monoisotopic (exact) mass is 125 g/mol. The predicted octanol–water partition coefficient (Wildman–Crippen LogP) is 0.501. The molecule has 0 saturated heterocycles. The zero-order valence-electron chi connectivity index (χ0n) is 4.51. The summed E-state index contributed by atoms with van der Waals surface area (Å²) in [5, 5.41) is 14.5. The maximum atomic E-state index is 11.6. The fourth-order valence-corrected chi connectivity index (χ4v) is 0.0789. The second-order valence-electron chi connectivity index (χ2n) is 0.773. The van der Waals surface area contributed by atoms with Crippen LogP contribution in [0, 0.1) is 0 Å². The van der Waals surface area contributed by atoms with Crippen LogP contribution in [0.4, 0.5) is 8.78 Å². The molecule has 0 rings (SSSR count). The average molecular weight is 125 g/mol. The van der Waals surface area contributed by atoms with Crippen molar-refractivity contribution in [2.75, 3.05) is 0 Å². The van der Waals surface area contributed by atoms with Crippen LogP contribution < -0.4 is 0 Å². The summed E-state index contributed by atoms with van der Waals surface area (Å²) in [4.78, 5) is 0. The molecule has 8 heavy (non-hydrogen) atoms. The summed E-state index contributed by atoms with van der Waals surface area (Å²) in [6, 6.07) is 0. The van der Waals surface area contributed by atoms with E-state index in [9.17, 15) is 8.78 Å². The fourth-order valence-electron chi connectivity index (χ4n) is 0.0789. The second-order valence-corrected chi connectivity index (χ2v) is 0.773. The second kappa shape index (κ2) is 2.89. The van der Waals surface area contributed by atoms with Crippen molar-refractivity contribution < 1.29 is 20.6 Å². The van der Waals surface area contributed by atoms with Crippen molar-refractivity contribution in [3.8, 4) is 0 Å². The number of hydrogen-bond acceptors (Lipinski definition) is 4. The maximum absolute atomic E-state index is 11.6. The Kier molecular flexibility index (Phi) is 1.79. The van der Waals surface area contributed by atoms with E-state index >= 15 is 0 Å². The third-order valence-corrected chi connectivity index (χ3v) is 0.338. The van der Waals surface area contributed by atoms with Crippen molar-refractivity contribution in [3.63, 3.8) is 0 Å².